The van der Waals surface area contributed by atoms with Gasteiger partial charge in [-0.15, -0.1) is 6.58 Å². The number of unbranched alkanes of at least 4 members (excludes halogenated alkanes) is 1. The van der Waals surface area contributed by atoms with Gasteiger partial charge in [0, 0.05) is 23.2 Å². The van der Waals surface area contributed by atoms with Gasteiger partial charge >= 0.3 is 0 Å². The van der Waals surface area contributed by atoms with E-state index in [-0.39, 0.29) is 0 Å². The number of benzene rings is 1. The van der Waals surface area contributed by atoms with Crippen LogP contribution in [0.4, 0.5) is 0 Å². The Morgan fingerprint density at radius 3 is 2.83 bits per heavy atom. The molecule has 1 N–H and O–H groups in total. The molecule has 1 aromatic carbocycles. The van der Waals surface area contributed by atoms with E-state index in [0.717, 1.165) is 24.2 Å². The average Bonchev–Trinajstić information content (AvgIpc) is 2.36. The summed E-state index contributed by atoms with van der Waals surface area (Å²) in [5.74, 6) is 1.44. The third-order valence-corrected chi connectivity index (χ3v) is 2.70. The Hall–Kier alpha value is -1.19. The predicted molar refractivity (Wildman–Crippen MR) is 75.7 cm³/mol. The lowest BCUT2D eigenvalue weighted by Gasteiger charge is -2.15. The second kappa shape index (κ2) is 8.01. The first-order valence-corrected chi connectivity index (χ1v) is 6.35. The van der Waals surface area contributed by atoms with Gasteiger partial charge in [-0.1, -0.05) is 17.7 Å². The molecule has 0 heterocycles. The maximum atomic E-state index is 6.04. The van der Waals surface area contributed by atoms with Crippen molar-refractivity contribution in [2.24, 2.45) is 0 Å². The Morgan fingerprint density at radius 1 is 1.44 bits per heavy atom. The van der Waals surface area contributed by atoms with Gasteiger partial charge in [-0.2, -0.15) is 0 Å². The molecular weight excluding hydrogens is 250 g/mol. The van der Waals surface area contributed by atoms with E-state index < -0.39 is 0 Å². The van der Waals surface area contributed by atoms with Crippen LogP contribution in [0, 0.1) is 0 Å². The minimum absolute atomic E-state index is 0.640. The van der Waals surface area contributed by atoms with Crippen molar-refractivity contribution in [3.05, 3.63) is 35.4 Å². The van der Waals surface area contributed by atoms with Crippen molar-refractivity contribution >= 4 is 11.6 Å². The van der Waals surface area contributed by atoms with E-state index in [2.05, 4.69) is 11.9 Å². The molecule has 0 bridgehead atoms. The molecule has 0 saturated heterocycles. The first-order chi connectivity index (χ1) is 8.72. The third kappa shape index (κ3) is 4.24. The summed E-state index contributed by atoms with van der Waals surface area (Å²) in [6.07, 6.45) is 3.77. The van der Waals surface area contributed by atoms with Gasteiger partial charge in [-0.3, -0.25) is 0 Å². The van der Waals surface area contributed by atoms with Crippen LogP contribution in [-0.2, 0) is 6.54 Å². The highest BCUT2D eigenvalue weighted by Gasteiger charge is 2.12. The molecule has 0 aliphatic carbocycles. The van der Waals surface area contributed by atoms with Crippen LogP contribution in [0.2, 0.25) is 5.02 Å². The number of halogens is 1. The molecule has 0 aromatic heterocycles. The molecule has 0 aliphatic heterocycles. The molecule has 0 amide bonds. The monoisotopic (exact) mass is 269 g/mol. The normalized spacial score (nSPS) is 10.2. The van der Waals surface area contributed by atoms with E-state index >= 15 is 0 Å². The van der Waals surface area contributed by atoms with E-state index in [9.17, 15) is 0 Å². The molecule has 3 nitrogen and oxygen atoms in total. The molecule has 4 heteroatoms. The highest BCUT2D eigenvalue weighted by molar-refractivity contribution is 6.30. The predicted octanol–water partition coefficient (Wildman–Crippen LogP) is 3.41. The van der Waals surface area contributed by atoms with Gasteiger partial charge in [0.15, 0.2) is 11.5 Å². The van der Waals surface area contributed by atoms with Gasteiger partial charge in [0.2, 0.25) is 0 Å². The fourth-order valence-corrected chi connectivity index (χ4v) is 1.89. The molecular formula is C14H20ClNO2. The van der Waals surface area contributed by atoms with Crippen LogP contribution in [0.3, 0.4) is 0 Å². The number of hydrogen-bond acceptors (Lipinski definition) is 3. The summed E-state index contributed by atoms with van der Waals surface area (Å²) in [5, 5.41) is 3.74. The van der Waals surface area contributed by atoms with Crippen LogP contribution < -0.4 is 14.8 Å². The van der Waals surface area contributed by atoms with Gasteiger partial charge in [-0.05, 0) is 26.0 Å². The summed E-state index contributed by atoms with van der Waals surface area (Å²) in [6, 6.07) is 3.66. The molecule has 0 unspecified atom stereocenters. The summed E-state index contributed by atoms with van der Waals surface area (Å²) >= 11 is 6.04. The zero-order valence-corrected chi connectivity index (χ0v) is 11.7. The zero-order valence-electron chi connectivity index (χ0n) is 11.0. The van der Waals surface area contributed by atoms with E-state index in [1.165, 1.54) is 0 Å². The van der Waals surface area contributed by atoms with E-state index in [1.54, 1.807) is 13.2 Å². The Balaban J connectivity index is 2.86. The maximum Gasteiger partial charge on any atom is 0.165 e. The molecule has 0 radical (unpaired) electrons. The Morgan fingerprint density at radius 2 is 2.22 bits per heavy atom. The Kier molecular flexibility index (Phi) is 6.61. The van der Waals surface area contributed by atoms with Crippen LogP contribution in [0.15, 0.2) is 24.8 Å². The minimum atomic E-state index is 0.640. The molecule has 100 valence electrons. The maximum absolute atomic E-state index is 6.04. The van der Waals surface area contributed by atoms with Crippen LogP contribution >= 0.6 is 11.6 Å². The van der Waals surface area contributed by atoms with E-state index in [1.807, 2.05) is 19.2 Å². The summed E-state index contributed by atoms with van der Waals surface area (Å²) < 4.78 is 11.1. The number of ether oxygens (including phenoxy) is 2. The number of rotatable bonds is 8. The number of hydrogen-bond donors (Lipinski definition) is 1. The highest BCUT2D eigenvalue weighted by Crippen LogP contribution is 2.34. The van der Waals surface area contributed by atoms with Crippen LogP contribution in [0.5, 0.6) is 11.5 Å². The molecule has 0 atom stereocenters. The lowest BCUT2D eigenvalue weighted by atomic mass is 10.2. The second-order valence-electron chi connectivity index (χ2n) is 3.91. The first-order valence-electron chi connectivity index (χ1n) is 5.97. The van der Waals surface area contributed by atoms with Gasteiger partial charge in [0.25, 0.3) is 0 Å². The van der Waals surface area contributed by atoms with E-state index in [4.69, 9.17) is 21.1 Å². The molecule has 0 saturated carbocycles. The van der Waals surface area contributed by atoms with Gasteiger partial charge in [0.1, 0.15) is 0 Å². The summed E-state index contributed by atoms with van der Waals surface area (Å²) in [5.41, 5.74) is 1.00. The smallest absolute Gasteiger partial charge is 0.165 e. The fourth-order valence-electron chi connectivity index (χ4n) is 1.66. The van der Waals surface area contributed by atoms with Gasteiger partial charge < -0.3 is 14.8 Å². The summed E-state index contributed by atoms with van der Waals surface area (Å²) in [7, 11) is 3.50. The van der Waals surface area contributed by atoms with Crippen molar-refractivity contribution in [1.82, 2.24) is 5.32 Å². The largest absolute Gasteiger partial charge is 0.493 e. The average molecular weight is 270 g/mol. The Bertz CT molecular complexity index is 394. The first kappa shape index (κ1) is 14.9. The van der Waals surface area contributed by atoms with Crippen molar-refractivity contribution in [2.45, 2.75) is 19.4 Å². The van der Waals surface area contributed by atoms with Crippen molar-refractivity contribution in [2.75, 3.05) is 20.8 Å². The molecule has 1 rings (SSSR count). The summed E-state index contributed by atoms with van der Waals surface area (Å²) in [4.78, 5) is 0. The van der Waals surface area contributed by atoms with E-state index in [0.29, 0.717) is 23.9 Å². The lowest BCUT2D eigenvalue weighted by molar-refractivity contribution is 0.287. The quantitative estimate of drug-likeness (QED) is 0.579. The SMILES string of the molecule is C=CCCCOc1c(CNC)cc(Cl)cc1OC. The fraction of sp³-hybridized carbons (Fsp3) is 0.429. The second-order valence-corrected chi connectivity index (χ2v) is 4.34. The lowest BCUT2D eigenvalue weighted by Crippen LogP contribution is -2.09. The van der Waals surface area contributed by atoms with Crippen molar-refractivity contribution < 1.29 is 9.47 Å². The van der Waals surface area contributed by atoms with Crippen LogP contribution in [0.25, 0.3) is 0 Å². The van der Waals surface area contributed by atoms with Crippen molar-refractivity contribution in [3.8, 4) is 11.5 Å². The molecule has 0 aliphatic rings. The minimum Gasteiger partial charge on any atom is -0.493 e. The highest BCUT2D eigenvalue weighted by atomic mass is 35.5. The standard InChI is InChI=1S/C14H20ClNO2/c1-4-5-6-7-18-14-11(10-16-2)8-12(15)9-13(14)17-3/h4,8-9,16H,1,5-7,10H2,2-3H3. The molecule has 0 spiro atoms. The van der Waals surface area contributed by atoms with Gasteiger partial charge in [0.05, 0.1) is 13.7 Å². The zero-order chi connectivity index (χ0) is 13.4. The van der Waals surface area contributed by atoms with Crippen LogP contribution in [-0.4, -0.2) is 20.8 Å². The van der Waals surface area contributed by atoms with Crippen molar-refractivity contribution in [3.63, 3.8) is 0 Å². The van der Waals surface area contributed by atoms with Crippen LogP contribution in [0.1, 0.15) is 18.4 Å². The molecule has 1 aromatic rings. The van der Waals surface area contributed by atoms with Crippen molar-refractivity contribution in [1.29, 1.82) is 0 Å². The number of methoxy groups -OCH3 is 1. The number of allylic oxidation sites excluding steroid dienone is 1. The van der Waals surface area contributed by atoms with Gasteiger partial charge in [-0.25, -0.2) is 0 Å². The topological polar surface area (TPSA) is 30.5 Å². The molecule has 0 fully saturated rings. The third-order valence-electron chi connectivity index (χ3n) is 2.48. The summed E-state index contributed by atoms with van der Waals surface area (Å²) in [6.45, 7) is 5.02. The Labute approximate surface area is 114 Å². The number of nitrogens with one attached hydrogen (secondary N) is 1. The molecule has 18 heavy (non-hydrogen) atoms.